The number of aliphatic hydroxyl groups is 1. The molecule has 1 unspecified atom stereocenters. The Labute approximate surface area is 111 Å². The molecule has 0 radical (unpaired) electrons. The number of carbonyl (C=O) groups excluding carboxylic acids is 1. The number of carbonyl (C=O) groups is 1. The van der Waals surface area contributed by atoms with E-state index in [-0.39, 0.29) is 11.9 Å². The van der Waals surface area contributed by atoms with Gasteiger partial charge in [-0.15, -0.1) is 0 Å². The lowest BCUT2D eigenvalue weighted by atomic mass is 10.1. The molecule has 0 bridgehead atoms. The first-order valence-corrected chi connectivity index (χ1v) is 6.43. The van der Waals surface area contributed by atoms with E-state index in [4.69, 9.17) is 0 Å². The lowest BCUT2D eigenvalue weighted by Gasteiger charge is -2.16. The molecule has 0 aliphatic rings. The van der Waals surface area contributed by atoms with Crippen molar-refractivity contribution >= 4 is 21.7 Å². The maximum atomic E-state index is 11.9. The molecule has 0 amide bonds. The number of halogens is 1. The fourth-order valence-corrected chi connectivity index (χ4v) is 1.88. The molecule has 0 heterocycles. The average molecular weight is 300 g/mol. The lowest BCUT2D eigenvalue weighted by molar-refractivity contribution is 0.0931. The number of aliphatic hydroxyl groups excluding tert-OH is 1. The Kier molecular flexibility index (Phi) is 5.82. The first-order valence-electron chi connectivity index (χ1n) is 5.64. The maximum Gasteiger partial charge on any atom is 0.176 e. The summed E-state index contributed by atoms with van der Waals surface area (Å²) in [7, 11) is 1.89. The predicted octanol–water partition coefficient (Wildman–Crippen LogP) is 2.33. The zero-order valence-corrected chi connectivity index (χ0v) is 11.8. The monoisotopic (exact) mass is 299 g/mol. The van der Waals surface area contributed by atoms with E-state index in [2.05, 4.69) is 15.9 Å². The third-order valence-corrected chi connectivity index (χ3v) is 2.98. The van der Waals surface area contributed by atoms with Crippen LogP contribution in [0.4, 0.5) is 0 Å². The van der Waals surface area contributed by atoms with Crippen LogP contribution in [-0.2, 0) is 0 Å². The van der Waals surface area contributed by atoms with E-state index in [1.54, 1.807) is 6.92 Å². The van der Waals surface area contributed by atoms with Crippen LogP contribution in [0.2, 0.25) is 0 Å². The Balaban J connectivity index is 2.49. The van der Waals surface area contributed by atoms with E-state index in [1.807, 2.05) is 36.2 Å². The molecule has 1 aromatic rings. The van der Waals surface area contributed by atoms with Crippen molar-refractivity contribution in [3.8, 4) is 0 Å². The van der Waals surface area contributed by atoms with Crippen LogP contribution in [-0.4, -0.2) is 42.0 Å². The summed E-state index contributed by atoms with van der Waals surface area (Å²) in [6.45, 7) is 2.85. The van der Waals surface area contributed by atoms with Crippen molar-refractivity contribution in [2.24, 2.45) is 0 Å². The molecule has 4 heteroatoms. The molecule has 0 saturated carbocycles. The van der Waals surface area contributed by atoms with Crippen molar-refractivity contribution in [2.75, 3.05) is 20.1 Å². The van der Waals surface area contributed by atoms with Crippen LogP contribution in [0.15, 0.2) is 28.7 Å². The van der Waals surface area contributed by atoms with E-state index < -0.39 is 0 Å². The lowest BCUT2D eigenvalue weighted by Crippen LogP contribution is -2.28. The molecule has 0 saturated heterocycles. The van der Waals surface area contributed by atoms with Crippen molar-refractivity contribution in [1.29, 1.82) is 0 Å². The van der Waals surface area contributed by atoms with E-state index in [0.717, 1.165) is 11.0 Å². The summed E-state index contributed by atoms with van der Waals surface area (Å²) in [5, 5.41) is 9.17. The van der Waals surface area contributed by atoms with Gasteiger partial charge >= 0.3 is 0 Å². The molecule has 1 rings (SSSR count). The highest BCUT2D eigenvalue weighted by molar-refractivity contribution is 9.10. The molecular weight excluding hydrogens is 282 g/mol. The highest BCUT2D eigenvalue weighted by Crippen LogP contribution is 2.12. The first-order chi connectivity index (χ1) is 7.99. The van der Waals surface area contributed by atoms with Gasteiger partial charge in [-0.3, -0.25) is 9.69 Å². The second kappa shape index (κ2) is 6.89. The highest BCUT2D eigenvalue weighted by Gasteiger charge is 2.10. The highest BCUT2D eigenvalue weighted by atomic mass is 79.9. The van der Waals surface area contributed by atoms with Gasteiger partial charge in [-0.1, -0.05) is 28.1 Å². The third kappa shape index (κ3) is 5.44. The zero-order chi connectivity index (χ0) is 12.8. The Bertz CT molecular complexity index is 379. The molecule has 0 aromatic heterocycles. The number of benzene rings is 1. The van der Waals surface area contributed by atoms with E-state index in [0.29, 0.717) is 18.5 Å². The number of rotatable bonds is 6. The number of hydrogen-bond donors (Lipinski definition) is 1. The van der Waals surface area contributed by atoms with E-state index in [9.17, 15) is 9.90 Å². The third-order valence-electron chi connectivity index (χ3n) is 2.49. The van der Waals surface area contributed by atoms with Gasteiger partial charge in [-0.25, -0.2) is 0 Å². The van der Waals surface area contributed by atoms with Gasteiger partial charge in [-0.2, -0.15) is 0 Å². The zero-order valence-electron chi connectivity index (χ0n) is 10.2. The van der Waals surface area contributed by atoms with Gasteiger partial charge in [0.1, 0.15) is 0 Å². The second-order valence-electron chi connectivity index (χ2n) is 4.31. The SMILES string of the molecule is CC(O)CCN(C)CC(=O)c1cccc(Br)c1. The molecule has 1 atom stereocenters. The summed E-state index contributed by atoms with van der Waals surface area (Å²) >= 11 is 3.35. The van der Waals surface area contributed by atoms with Crippen LogP contribution < -0.4 is 0 Å². The van der Waals surface area contributed by atoms with E-state index >= 15 is 0 Å². The smallest absolute Gasteiger partial charge is 0.176 e. The van der Waals surface area contributed by atoms with Crippen LogP contribution in [0.25, 0.3) is 0 Å². The molecular formula is C13H18BrNO2. The maximum absolute atomic E-state index is 11.9. The number of nitrogens with zero attached hydrogens (tertiary/aromatic N) is 1. The van der Waals surface area contributed by atoms with Crippen molar-refractivity contribution in [3.63, 3.8) is 0 Å². The minimum atomic E-state index is -0.321. The Morgan fingerprint density at radius 2 is 2.24 bits per heavy atom. The largest absolute Gasteiger partial charge is 0.393 e. The molecule has 1 N–H and O–H groups in total. The summed E-state index contributed by atoms with van der Waals surface area (Å²) in [5.41, 5.74) is 0.711. The quantitative estimate of drug-likeness (QED) is 0.820. The summed E-state index contributed by atoms with van der Waals surface area (Å²) < 4.78 is 0.912. The minimum Gasteiger partial charge on any atom is -0.393 e. The van der Waals surface area contributed by atoms with Crippen LogP contribution >= 0.6 is 15.9 Å². The van der Waals surface area contributed by atoms with Gasteiger partial charge in [0.05, 0.1) is 12.6 Å². The number of Topliss-reactive ketones (excluding diaryl/α,β-unsaturated/α-hetero) is 1. The number of likely N-dealkylation sites (N-methyl/N-ethyl adjacent to an activating group) is 1. The molecule has 3 nitrogen and oxygen atoms in total. The molecule has 0 spiro atoms. The van der Waals surface area contributed by atoms with Crippen LogP contribution in [0.1, 0.15) is 23.7 Å². The molecule has 0 aliphatic heterocycles. The van der Waals surface area contributed by atoms with Gasteiger partial charge in [0.15, 0.2) is 5.78 Å². The Hall–Kier alpha value is -0.710. The minimum absolute atomic E-state index is 0.0967. The first kappa shape index (κ1) is 14.4. The van der Waals surface area contributed by atoms with Crippen molar-refractivity contribution in [3.05, 3.63) is 34.3 Å². The van der Waals surface area contributed by atoms with Gasteiger partial charge < -0.3 is 5.11 Å². The van der Waals surface area contributed by atoms with Gasteiger partial charge in [-0.05, 0) is 32.5 Å². The number of ketones is 1. The van der Waals surface area contributed by atoms with Crippen LogP contribution in [0.3, 0.4) is 0 Å². The van der Waals surface area contributed by atoms with Crippen molar-refractivity contribution in [2.45, 2.75) is 19.4 Å². The van der Waals surface area contributed by atoms with Crippen LogP contribution in [0, 0.1) is 0 Å². The normalized spacial score (nSPS) is 12.8. The summed E-state index contributed by atoms with van der Waals surface area (Å²) in [6.07, 6.45) is 0.362. The topological polar surface area (TPSA) is 40.5 Å². The van der Waals surface area contributed by atoms with E-state index in [1.165, 1.54) is 0 Å². The predicted molar refractivity (Wildman–Crippen MR) is 72.3 cm³/mol. The van der Waals surface area contributed by atoms with Crippen molar-refractivity contribution in [1.82, 2.24) is 4.90 Å². The Morgan fingerprint density at radius 1 is 1.53 bits per heavy atom. The van der Waals surface area contributed by atoms with Crippen LogP contribution in [0.5, 0.6) is 0 Å². The molecule has 94 valence electrons. The Morgan fingerprint density at radius 3 is 2.82 bits per heavy atom. The standard InChI is InChI=1S/C13H18BrNO2/c1-10(16)6-7-15(2)9-13(17)11-4-3-5-12(14)8-11/h3-5,8,10,16H,6-7,9H2,1-2H3. The summed E-state index contributed by atoms with van der Waals surface area (Å²) in [6, 6.07) is 7.39. The number of hydrogen-bond acceptors (Lipinski definition) is 3. The average Bonchev–Trinajstić information content (AvgIpc) is 2.26. The van der Waals surface area contributed by atoms with Gasteiger partial charge in [0.2, 0.25) is 0 Å². The summed E-state index contributed by atoms with van der Waals surface area (Å²) in [4.78, 5) is 13.9. The van der Waals surface area contributed by atoms with Gasteiger partial charge in [0, 0.05) is 16.6 Å². The molecule has 1 aromatic carbocycles. The summed E-state index contributed by atoms with van der Waals surface area (Å²) in [5.74, 6) is 0.0967. The fraction of sp³-hybridized carbons (Fsp3) is 0.462. The van der Waals surface area contributed by atoms with Gasteiger partial charge in [0.25, 0.3) is 0 Å². The molecule has 0 fully saturated rings. The fourth-order valence-electron chi connectivity index (χ4n) is 1.48. The molecule has 17 heavy (non-hydrogen) atoms. The molecule has 0 aliphatic carbocycles. The second-order valence-corrected chi connectivity index (χ2v) is 5.22. The van der Waals surface area contributed by atoms with Crippen molar-refractivity contribution < 1.29 is 9.90 Å².